The van der Waals surface area contributed by atoms with E-state index in [1.54, 1.807) is 19.2 Å². The second kappa shape index (κ2) is 6.96. The number of amides is 1. The second-order valence-corrected chi connectivity index (χ2v) is 5.24. The minimum Gasteiger partial charge on any atom is -0.496 e. The van der Waals surface area contributed by atoms with Crippen LogP contribution in [0.1, 0.15) is 10.4 Å². The predicted octanol–water partition coefficient (Wildman–Crippen LogP) is 4.75. The topological polar surface area (TPSA) is 38.3 Å². The van der Waals surface area contributed by atoms with E-state index in [1.165, 1.54) is 24.3 Å². The Bertz CT molecular complexity index is 860. The van der Waals surface area contributed by atoms with Gasteiger partial charge in [0.1, 0.15) is 11.6 Å². The first-order valence-corrected chi connectivity index (χ1v) is 7.48. The van der Waals surface area contributed by atoms with Crippen LogP contribution in [-0.4, -0.2) is 13.0 Å². The smallest absolute Gasteiger partial charge is 0.255 e. The molecule has 0 radical (unpaired) electrons. The monoisotopic (exact) mass is 321 g/mol. The number of hydrogen-bond donors (Lipinski definition) is 1. The molecule has 3 nitrogen and oxygen atoms in total. The highest BCUT2D eigenvalue weighted by molar-refractivity contribution is 6.05. The second-order valence-electron chi connectivity index (χ2n) is 5.24. The highest BCUT2D eigenvalue weighted by Gasteiger charge is 2.10. The van der Waals surface area contributed by atoms with Crippen molar-refractivity contribution in [3.8, 4) is 16.9 Å². The average Bonchev–Trinajstić information content (AvgIpc) is 2.63. The van der Waals surface area contributed by atoms with E-state index in [-0.39, 0.29) is 11.7 Å². The Labute approximate surface area is 139 Å². The summed E-state index contributed by atoms with van der Waals surface area (Å²) in [5.41, 5.74) is 2.86. The average molecular weight is 321 g/mol. The zero-order valence-corrected chi connectivity index (χ0v) is 13.1. The third-order valence-electron chi connectivity index (χ3n) is 3.64. The van der Waals surface area contributed by atoms with Crippen LogP contribution in [0.2, 0.25) is 0 Å². The fourth-order valence-corrected chi connectivity index (χ4v) is 2.45. The molecule has 0 fully saturated rings. The molecular formula is C20H16FNO2. The van der Waals surface area contributed by atoms with Crippen molar-refractivity contribution in [2.75, 3.05) is 12.4 Å². The van der Waals surface area contributed by atoms with Crippen LogP contribution < -0.4 is 10.1 Å². The van der Waals surface area contributed by atoms with Gasteiger partial charge in [-0.1, -0.05) is 30.3 Å². The summed E-state index contributed by atoms with van der Waals surface area (Å²) in [7, 11) is 1.62. The van der Waals surface area contributed by atoms with Crippen LogP contribution in [-0.2, 0) is 0 Å². The lowest BCUT2D eigenvalue weighted by Crippen LogP contribution is -2.11. The Morgan fingerprint density at radius 2 is 1.71 bits per heavy atom. The summed E-state index contributed by atoms with van der Waals surface area (Å²) < 4.78 is 18.3. The summed E-state index contributed by atoms with van der Waals surface area (Å²) >= 11 is 0. The third kappa shape index (κ3) is 3.43. The summed E-state index contributed by atoms with van der Waals surface area (Å²) in [5.74, 6) is 0.151. The molecule has 0 saturated heterocycles. The Balaban J connectivity index is 1.87. The van der Waals surface area contributed by atoms with E-state index in [9.17, 15) is 9.18 Å². The van der Waals surface area contributed by atoms with Gasteiger partial charge in [0, 0.05) is 16.8 Å². The minimum atomic E-state index is -0.342. The highest BCUT2D eigenvalue weighted by atomic mass is 19.1. The van der Waals surface area contributed by atoms with Crippen molar-refractivity contribution in [1.29, 1.82) is 0 Å². The molecule has 4 heteroatoms. The molecule has 1 amide bonds. The van der Waals surface area contributed by atoms with Crippen LogP contribution in [0.4, 0.5) is 10.1 Å². The number of rotatable bonds is 4. The van der Waals surface area contributed by atoms with E-state index in [2.05, 4.69) is 5.32 Å². The first-order chi connectivity index (χ1) is 11.7. The largest absolute Gasteiger partial charge is 0.496 e. The number of nitrogens with one attached hydrogen (secondary N) is 1. The van der Waals surface area contributed by atoms with Crippen molar-refractivity contribution in [3.63, 3.8) is 0 Å². The minimum absolute atomic E-state index is 0.252. The molecule has 3 rings (SSSR count). The Kier molecular flexibility index (Phi) is 4.57. The van der Waals surface area contributed by atoms with Crippen molar-refractivity contribution < 1.29 is 13.9 Å². The standard InChI is InChI=1S/C20H16FNO2/c1-24-19-8-3-2-7-18(19)14-5-4-6-15(13-14)20(23)22-17-11-9-16(21)10-12-17/h2-13H,1H3,(H,22,23). The molecule has 0 heterocycles. The number of hydrogen-bond acceptors (Lipinski definition) is 2. The lowest BCUT2D eigenvalue weighted by atomic mass is 10.0. The normalized spacial score (nSPS) is 10.2. The predicted molar refractivity (Wildman–Crippen MR) is 92.8 cm³/mol. The van der Waals surface area contributed by atoms with Gasteiger partial charge in [-0.15, -0.1) is 0 Å². The molecule has 0 bridgehead atoms. The van der Waals surface area contributed by atoms with Gasteiger partial charge >= 0.3 is 0 Å². The fraction of sp³-hybridized carbons (Fsp3) is 0.0500. The molecule has 0 atom stereocenters. The van der Waals surface area contributed by atoms with Gasteiger partial charge in [-0.05, 0) is 48.0 Å². The summed E-state index contributed by atoms with van der Waals surface area (Å²) in [4.78, 5) is 12.4. The molecule has 1 N–H and O–H groups in total. The first-order valence-electron chi connectivity index (χ1n) is 7.48. The molecule has 0 aliphatic rings. The van der Waals surface area contributed by atoms with Gasteiger partial charge in [0.05, 0.1) is 7.11 Å². The first kappa shape index (κ1) is 15.7. The van der Waals surface area contributed by atoms with Crippen molar-refractivity contribution >= 4 is 11.6 Å². The van der Waals surface area contributed by atoms with Crippen LogP contribution in [0.5, 0.6) is 5.75 Å². The van der Waals surface area contributed by atoms with Crippen molar-refractivity contribution in [1.82, 2.24) is 0 Å². The molecule has 0 unspecified atom stereocenters. The Hall–Kier alpha value is -3.14. The Morgan fingerprint density at radius 3 is 2.46 bits per heavy atom. The van der Waals surface area contributed by atoms with Gasteiger partial charge in [0.15, 0.2) is 0 Å². The van der Waals surface area contributed by atoms with Crippen LogP contribution >= 0.6 is 0 Å². The maximum absolute atomic E-state index is 12.9. The third-order valence-corrected chi connectivity index (χ3v) is 3.64. The molecule has 3 aromatic carbocycles. The molecule has 0 aliphatic carbocycles. The SMILES string of the molecule is COc1ccccc1-c1cccc(C(=O)Nc2ccc(F)cc2)c1. The number of carbonyl (C=O) groups is 1. The molecular weight excluding hydrogens is 305 g/mol. The van der Waals surface area contributed by atoms with Crippen LogP contribution in [0.25, 0.3) is 11.1 Å². The molecule has 24 heavy (non-hydrogen) atoms. The summed E-state index contributed by atoms with van der Waals surface area (Å²) in [6.45, 7) is 0. The highest BCUT2D eigenvalue weighted by Crippen LogP contribution is 2.30. The number of carbonyl (C=O) groups excluding carboxylic acids is 1. The van der Waals surface area contributed by atoms with Gasteiger partial charge in [-0.3, -0.25) is 4.79 Å². The molecule has 0 spiro atoms. The summed E-state index contributed by atoms with van der Waals surface area (Å²) in [5, 5.41) is 2.76. The Morgan fingerprint density at radius 1 is 0.958 bits per heavy atom. The lowest BCUT2D eigenvalue weighted by Gasteiger charge is -2.10. The van der Waals surface area contributed by atoms with Crippen molar-refractivity contribution in [3.05, 3.63) is 84.2 Å². The summed E-state index contributed by atoms with van der Waals surface area (Å²) in [6.07, 6.45) is 0. The van der Waals surface area contributed by atoms with E-state index in [4.69, 9.17) is 4.74 Å². The molecule has 3 aromatic rings. The number of benzene rings is 3. The maximum atomic E-state index is 12.9. The van der Waals surface area contributed by atoms with E-state index in [0.29, 0.717) is 11.3 Å². The van der Waals surface area contributed by atoms with Gasteiger partial charge in [0.25, 0.3) is 5.91 Å². The molecule has 0 aliphatic heterocycles. The zero-order chi connectivity index (χ0) is 16.9. The lowest BCUT2D eigenvalue weighted by molar-refractivity contribution is 0.102. The van der Waals surface area contributed by atoms with Gasteiger partial charge in [-0.2, -0.15) is 0 Å². The zero-order valence-electron chi connectivity index (χ0n) is 13.1. The summed E-state index contributed by atoms with van der Waals surface area (Å²) in [6, 6.07) is 20.6. The van der Waals surface area contributed by atoms with Gasteiger partial charge in [0.2, 0.25) is 0 Å². The van der Waals surface area contributed by atoms with Gasteiger partial charge in [-0.25, -0.2) is 4.39 Å². The number of anilines is 1. The van der Waals surface area contributed by atoms with E-state index in [1.807, 2.05) is 36.4 Å². The molecule has 0 aromatic heterocycles. The van der Waals surface area contributed by atoms with Crippen molar-refractivity contribution in [2.45, 2.75) is 0 Å². The van der Waals surface area contributed by atoms with E-state index in [0.717, 1.165) is 16.9 Å². The fourth-order valence-electron chi connectivity index (χ4n) is 2.45. The van der Waals surface area contributed by atoms with E-state index >= 15 is 0 Å². The molecule has 120 valence electrons. The number of para-hydroxylation sites is 1. The van der Waals surface area contributed by atoms with E-state index < -0.39 is 0 Å². The van der Waals surface area contributed by atoms with Crippen LogP contribution in [0, 0.1) is 5.82 Å². The van der Waals surface area contributed by atoms with Gasteiger partial charge < -0.3 is 10.1 Å². The molecule has 0 saturated carbocycles. The number of ether oxygens (including phenoxy) is 1. The number of halogens is 1. The number of methoxy groups -OCH3 is 1. The quantitative estimate of drug-likeness (QED) is 0.753. The maximum Gasteiger partial charge on any atom is 0.255 e. The van der Waals surface area contributed by atoms with Crippen LogP contribution in [0.15, 0.2) is 72.8 Å². The van der Waals surface area contributed by atoms with Crippen molar-refractivity contribution in [2.24, 2.45) is 0 Å². The van der Waals surface area contributed by atoms with Crippen LogP contribution in [0.3, 0.4) is 0 Å².